The van der Waals surface area contributed by atoms with Gasteiger partial charge in [-0.15, -0.1) is 6.58 Å². The van der Waals surface area contributed by atoms with Crippen LogP contribution in [0.3, 0.4) is 0 Å². The molecule has 2 aliphatic carbocycles. The van der Waals surface area contributed by atoms with Crippen molar-refractivity contribution in [1.82, 2.24) is 0 Å². The summed E-state index contributed by atoms with van der Waals surface area (Å²) in [6.45, 7) is 3.89. The molecule has 2 heteroatoms. The fourth-order valence-electron chi connectivity index (χ4n) is 4.03. The first-order valence-corrected chi connectivity index (χ1v) is 7.76. The monoisotopic (exact) mass is 276 g/mol. The smallest absolute Gasteiger partial charge is 0.159 e. The summed E-state index contributed by atoms with van der Waals surface area (Å²) in [5, 5.41) is 0. The van der Waals surface area contributed by atoms with Crippen molar-refractivity contribution in [3.8, 4) is 0 Å². The number of allylic oxidation sites excluding steroid dienone is 1. The minimum Gasteiger partial charge on any atom is -0.204 e. The Bertz CT molecular complexity index is 498. The van der Waals surface area contributed by atoms with Crippen molar-refractivity contribution in [2.75, 3.05) is 0 Å². The predicted octanol–water partition coefficient (Wildman–Crippen LogP) is 5.06. The Hall–Kier alpha value is -1.18. The Labute approximate surface area is 119 Å². The summed E-state index contributed by atoms with van der Waals surface area (Å²) >= 11 is 0. The zero-order valence-electron chi connectivity index (χ0n) is 11.9. The molecule has 1 aromatic carbocycles. The standard InChI is InChI=1S/C18H22F2/c1-2-12-3-5-13(6-4-12)14-7-8-15-10-17(19)18(20)11-16(15)9-14/h2,10-14H,1,3-9H2. The van der Waals surface area contributed by atoms with E-state index in [-0.39, 0.29) is 0 Å². The molecule has 1 saturated carbocycles. The van der Waals surface area contributed by atoms with Gasteiger partial charge < -0.3 is 0 Å². The molecule has 2 aliphatic rings. The largest absolute Gasteiger partial charge is 0.204 e. The van der Waals surface area contributed by atoms with Crippen LogP contribution in [0.5, 0.6) is 0 Å². The quantitative estimate of drug-likeness (QED) is 0.662. The van der Waals surface area contributed by atoms with Crippen molar-refractivity contribution >= 4 is 0 Å². The molecule has 0 aromatic heterocycles. The topological polar surface area (TPSA) is 0 Å². The van der Waals surface area contributed by atoms with E-state index in [1.165, 1.54) is 37.8 Å². The van der Waals surface area contributed by atoms with Crippen LogP contribution in [-0.4, -0.2) is 0 Å². The molecule has 20 heavy (non-hydrogen) atoms. The Balaban J connectivity index is 1.69. The van der Waals surface area contributed by atoms with Crippen LogP contribution in [0.4, 0.5) is 8.78 Å². The van der Waals surface area contributed by atoms with Gasteiger partial charge >= 0.3 is 0 Å². The van der Waals surface area contributed by atoms with Gasteiger partial charge in [-0.1, -0.05) is 6.08 Å². The first-order chi connectivity index (χ1) is 9.67. The van der Waals surface area contributed by atoms with E-state index in [9.17, 15) is 8.78 Å². The van der Waals surface area contributed by atoms with E-state index in [0.29, 0.717) is 11.8 Å². The maximum absolute atomic E-state index is 13.4. The number of hydrogen-bond donors (Lipinski definition) is 0. The Morgan fingerprint density at radius 1 is 0.900 bits per heavy atom. The van der Waals surface area contributed by atoms with Crippen LogP contribution in [-0.2, 0) is 12.8 Å². The number of benzene rings is 1. The molecule has 0 heterocycles. The minimum atomic E-state index is -0.700. The zero-order chi connectivity index (χ0) is 14.1. The third-order valence-electron chi connectivity index (χ3n) is 5.33. The third kappa shape index (κ3) is 2.65. The molecule has 0 saturated heterocycles. The van der Waals surface area contributed by atoms with Crippen LogP contribution in [0.25, 0.3) is 0 Å². The van der Waals surface area contributed by atoms with Crippen molar-refractivity contribution in [3.63, 3.8) is 0 Å². The van der Waals surface area contributed by atoms with Crippen molar-refractivity contribution < 1.29 is 8.78 Å². The highest BCUT2D eigenvalue weighted by atomic mass is 19.2. The Morgan fingerprint density at radius 3 is 2.20 bits per heavy atom. The van der Waals surface area contributed by atoms with E-state index < -0.39 is 11.6 Å². The SMILES string of the molecule is C=CC1CCC(C2CCc3cc(F)c(F)cc3C2)CC1. The van der Waals surface area contributed by atoms with Crippen LogP contribution >= 0.6 is 0 Å². The second-order valence-electron chi connectivity index (χ2n) is 6.45. The maximum atomic E-state index is 13.4. The fraction of sp³-hybridized carbons (Fsp3) is 0.556. The van der Waals surface area contributed by atoms with E-state index in [1.54, 1.807) is 0 Å². The molecule has 0 radical (unpaired) electrons. The van der Waals surface area contributed by atoms with Gasteiger partial charge in [-0.3, -0.25) is 0 Å². The van der Waals surface area contributed by atoms with Crippen LogP contribution < -0.4 is 0 Å². The van der Waals surface area contributed by atoms with Crippen LogP contribution in [0.15, 0.2) is 24.8 Å². The van der Waals surface area contributed by atoms with E-state index >= 15 is 0 Å². The maximum Gasteiger partial charge on any atom is 0.159 e. The molecule has 0 N–H and O–H groups in total. The molecule has 0 nitrogen and oxygen atoms in total. The number of rotatable bonds is 2. The lowest BCUT2D eigenvalue weighted by molar-refractivity contribution is 0.206. The fourth-order valence-corrected chi connectivity index (χ4v) is 4.03. The summed E-state index contributed by atoms with van der Waals surface area (Å²) < 4.78 is 26.6. The van der Waals surface area contributed by atoms with Gasteiger partial charge in [0.1, 0.15) is 0 Å². The van der Waals surface area contributed by atoms with Crippen LogP contribution in [0.2, 0.25) is 0 Å². The molecule has 1 unspecified atom stereocenters. The minimum absolute atomic E-state index is 0.651. The normalized spacial score (nSPS) is 29.8. The summed E-state index contributed by atoms with van der Waals surface area (Å²) in [4.78, 5) is 0. The van der Waals surface area contributed by atoms with Gasteiger partial charge in [-0.05, 0) is 86.0 Å². The van der Waals surface area contributed by atoms with E-state index in [2.05, 4.69) is 12.7 Å². The number of aryl methyl sites for hydroxylation is 1. The zero-order valence-corrected chi connectivity index (χ0v) is 11.9. The molecule has 3 rings (SSSR count). The molecular formula is C18H22F2. The average Bonchev–Trinajstić information content (AvgIpc) is 2.48. The number of hydrogen-bond acceptors (Lipinski definition) is 0. The highest BCUT2D eigenvalue weighted by Gasteiger charge is 2.30. The van der Waals surface area contributed by atoms with Gasteiger partial charge in [0, 0.05) is 0 Å². The second-order valence-corrected chi connectivity index (χ2v) is 6.45. The molecule has 108 valence electrons. The summed E-state index contributed by atoms with van der Waals surface area (Å²) in [5.74, 6) is 0.702. The van der Waals surface area contributed by atoms with Crippen molar-refractivity contribution in [1.29, 1.82) is 0 Å². The average molecular weight is 276 g/mol. The number of fused-ring (bicyclic) bond motifs is 1. The molecule has 0 aliphatic heterocycles. The first-order valence-electron chi connectivity index (χ1n) is 7.76. The van der Waals surface area contributed by atoms with Gasteiger partial charge in [0.25, 0.3) is 0 Å². The summed E-state index contributed by atoms with van der Waals surface area (Å²) in [6.07, 6.45) is 10.1. The predicted molar refractivity (Wildman–Crippen MR) is 77.5 cm³/mol. The molecule has 0 bridgehead atoms. The first kappa shape index (κ1) is 13.8. The third-order valence-corrected chi connectivity index (χ3v) is 5.33. The lowest BCUT2D eigenvalue weighted by Crippen LogP contribution is -2.26. The van der Waals surface area contributed by atoms with E-state index in [0.717, 1.165) is 36.3 Å². The Morgan fingerprint density at radius 2 is 1.55 bits per heavy atom. The second kappa shape index (κ2) is 5.67. The van der Waals surface area contributed by atoms with E-state index in [1.807, 2.05) is 0 Å². The summed E-state index contributed by atoms with van der Waals surface area (Å²) in [6, 6.07) is 2.82. The highest BCUT2D eigenvalue weighted by molar-refractivity contribution is 5.31. The molecule has 1 fully saturated rings. The Kier molecular flexibility index (Phi) is 3.91. The number of halogens is 2. The molecule has 1 aromatic rings. The van der Waals surface area contributed by atoms with E-state index in [4.69, 9.17) is 0 Å². The van der Waals surface area contributed by atoms with Crippen molar-refractivity contribution in [2.24, 2.45) is 17.8 Å². The van der Waals surface area contributed by atoms with Gasteiger partial charge in [0.2, 0.25) is 0 Å². The van der Waals surface area contributed by atoms with Gasteiger partial charge in [-0.2, -0.15) is 0 Å². The van der Waals surface area contributed by atoms with Crippen LogP contribution in [0.1, 0.15) is 43.2 Å². The summed E-state index contributed by atoms with van der Waals surface area (Å²) in [5.41, 5.74) is 2.05. The van der Waals surface area contributed by atoms with Crippen molar-refractivity contribution in [3.05, 3.63) is 47.5 Å². The highest BCUT2D eigenvalue weighted by Crippen LogP contribution is 2.40. The van der Waals surface area contributed by atoms with Gasteiger partial charge in [-0.25, -0.2) is 8.78 Å². The molecule has 0 spiro atoms. The van der Waals surface area contributed by atoms with Crippen molar-refractivity contribution in [2.45, 2.75) is 44.9 Å². The molecule has 1 atom stereocenters. The molecule has 0 amide bonds. The van der Waals surface area contributed by atoms with Gasteiger partial charge in [0.15, 0.2) is 11.6 Å². The molecular weight excluding hydrogens is 254 g/mol. The lowest BCUT2D eigenvalue weighted by Gasteiger charge is -2.35. The lowest BCUT2D eigenvalue weighted by atomic mass is 9.70. The van der Waals surface area contributed by atoms with Crippen LogP contribution in [0, 0.1) is 29.4 Å². The van der Waals surface area contributed by atoms with Gasteiger partial charge in [0.05, 0.1) is 0 Å². The summed E-state index contributed by atoms with van der Waals surface area (Å²) in [7, 11) is 0.